The van der Waals surface area contributed by atoms with Gasteiger partial charge < -0.3 is 4.90 Å². The summed E-state index contributed by atoms with van der Waals surface area (Å²) in [5, 5.41) is 0. The van der Waals surface area contributed by atoms with Crippen molar-refractivity contribution in [2.75, 3.05) is 33.2 Å². The molecule has 0 unspecified atom stereocenters. The minimum atomic E-state index is -3.53. The summed E-state index contributed by atoms with van der Waals surface area (Å²) in [6, 6.07) is 25.3. The number of rotatable bonds is 9. The Labute approximate surface area is 198 Å². The summed E-state index contributed by atoms with van der Waals surface area (Å²) in [4.78, 5) is 7.41. The maximum atomic E-state index is 13.1. The van der Waals surface area contributed by atoms with Crippen LogP contribution in [0.25, 0.3) is 0 Å². The van der Waals surface area contributed by atoms with E-state index in [-0.39, 0.29) is 5.92 Å². The molecule has 3 aromatic rings. The maximum Gasteiger partial charge on any atom is 0.242 e. The van der Waals surface area contributed by atoms with Crippen molar-refractivity contribution in [1.82, 2.24) is 14.2 Å². The van der Waals surface area contributed by atoms with E-state index in [0.29, 0.717) is 17.4 Å². The Hall–Kier alpha value is -2.54. The topological polar surface area (TPSA) is 53.5 Å². The van der Waals surface area contributed by atoms with Gasteiger partial charge in [0, 0.05) is 31.4 Å². The highest BCUT2D eigenvalue weighted by Crippen LogP contribution is 2.29. The quantitative estimate of drug-likeness (QED) is 0.459. The van der Waals surface area contributed by atoms with E-state index in [0.717, 1.165) is 31.7 Å². The molecule has 33 heavy (non-hydrogen) atoms. The SMILES string of the molecule is CN(C[C@H](CCN1CCC(c2ccccc2)CC1)c1ccccn1)S(=O)(=O)c1ccccc1. The molecular weight excluding hydrogens is 430 g/mol. The molecule has 174 valence electrons. The number of piperidine rings is 1. The number of benzene rings is 2. The average Bonchev–Trinajstić information content (AvgIpc) is 2.88. The van der Waals surface area contributed by atoms with Gasteiger partial charge in [-0.3, -0.25) is 4.98 Å². The van der Waals surface area contributed by atoms with E-state index in [1.807, 2.05) is 24.3 Å². The molecule has 1 saturated heterocycles. The summed E-state index contributed by atoms with van der Waals surface area (Å²) in [7, 11) is -1.86. The van der Waals surface area contributed by atoms with Gasteiger partial charge in [0.1, 0.15) is 0 Å². The predicted molar refractivity (Wildman–Crippen MR) is 133 cm³/mol. The molecule has 1 fully saturated rings. The van der Waals surface area contributed by atoms with Crippen molar-refractivity contribution in [3.05, 3.63) is 96.3 Å². The first kappa shape index (κ1) is 23.6. The summed E-state index contributed by atoms with van der Waals surface area (Å²) < 4.78 is 27.6. The fraction of sp³-hybridized carbons (Fsp3) is 0.370. The highest BCUT2D eigenvalue weighted by molar-refractivity contribution is 7.89. The molecule has 2 heterocycles. The second-order valence-corrected chi connectivity index (χ2v) is 10.9. The molecule has 0 saturated carbocycles. The first-order valence-electron chi connectivity index (χ1n) is 11.7. The lowest BCUT2D eigenvalue weighted by Crippen LogP contribution is -2.36. The smallest absolute Gasteiger partial charge is 0.242 e. The van der Waals surface area contributed by atoms with E-state index in [2.05, 4.69) is 40.2 Å². The number of pyridine rings is 1. The van der Waals surface area contributed by atoms with Crippen LogP contribution >= 0.6 is 0 Å². The Morgan fingerprint density at radius 2 is 1.58 bits per heavy atom. The minimum absolute atomic E-state index is 0.0431. The minimum Gasteiger partial charge on any atom is -0.303 e. The van der Waals surface area contributed by atoms with Gasteiger partial charge in [-0.15, -0.1) is 0 Å². The number of hydrogen-bond donors (Lipinski definition) is 0. The van der Waals surface area contributed by atoms with Crippen LogP contribution in [0.4, 0.5) is 0 Å². The molecule has 1 aliphatic heterocycles. The van der Waals surface area contributed by atoms with Crippen LogP contribution in [-0.2, 0) is 10.0 Å². The monoisotopic (exact) mass is 463 g/mol. The number of sulfonamides is 1. The third-order valence-corrected chi connectivity index (χ3v) is 8.52. The second kappa shape index (κ2) is 11.1. The zero-order valence-electron chi connectivity index (χ0n) is 19.3. The average molecular weight is 464 g/mol. The highest BCUT2D eigenvalue weighted by atomic mass is 32.2. The van der Waals surface area contributed by atoms with Crippen molar-refractivity contribution in [3.8, 4) is 0 Å². The summed E-state index contributed by atoms with van der Waals surface area (Å²) in [6.07, 6.45) is 5.00. The Morgan fingerprint density at radius 1 is 0.939 bits per heavy atom. The highest BCUT2D eigenvalue weighted by Gasteiger charge is 2.26. The number of nitrogens with zero attached hydrogens (tertiary/aromatic N) is 3. The first-order valence-corrected chi connectivity index (χ1v) is 13.2. The van der Waals surface area contributed by atoms with Crippen molar-refractivity contribution in [3.63, 3.8) is 0 Å². The largest absolute Gasteiger partial charge is 0.303 e. The van der Waals surface area contributed by atoms with Crippen molar-refractivity contribution in [2.45, 2.75) is 36.0 Å². The van der Waals surface area contributed by atoms with Gasteiger partial charge in [0.2, 0.25) is 10.0 Å². The van der Waals surface area contributed by atoms with Crippen LogP contribution in [0.3, 0.4) is 0 Å². The van der Waals surface area contributed by atoms with Gasteiger partial charge in [-0.25, -0.2) is 12.7 Å². The number of hydrogen-bond acceptors (Lipinski definition) is 4. The van der Waals surface area contributed by atoms with Crippen LogP contribution in [0, 0.1) is 0 Å². The molecule has 1 aliphatic rings. The predicted octanol–water partition coefficient (Wildman–Crippen LogP) is 4.76. The lowest BCUT2D eigenvalue weighted by molar-refractivity contribution is 0.203. The molecule has 0 N–H and O–H groups in total. The van der Waals surface area contributed by atoms with E-state index in [1.165, 1.54) is 22.7 Å². The van der Waals surface area contributed by atoms with Gasteiger partial charge in [0.05, 0.1) is 4.90 Å². The zero-order chi connectivity index (χ0) is 23.1. The molecule has 2 aromatic carbocycles. The summed E-state index contributed by atoms with van der Waals surface area (Å²) in [6.45, 7) is 3.51. The van der Waals surface area contributed by atoms with Gasteiger partial charge >= 0.3 is 0 Å². The van der Waals surface area contributed by atoms with Crippen LogP contribution in [0.5, 0.6) is 0 Å². The number of likely N-dealkylation sites (N-methyl/N-ethyl adjacent to an activating group) is 1. The maximum absolute atomic E-state index is 13.1. The molecule has 5 nitrogen and oxygen atoms in total. The van der Waals surface area contributed by atoms with E-state index in [1.54, 1.807) is 37.5 Å². The fourth-order valence-electron chi connectivity index (χ4n) is 4.68. The normalized spacial score (nSPS) is 16.7. The Balaban J connectivity index is 1.39. The Morgan fingerprint density at radius 3 is 2.21 bits per heavy atom. The fourth-order valence-corrected chi connectivity index (χ4v) is 5.92. The second-order valence-electron chi connectivity index (χ2n) is 8.87. The van der Waals surface area contributed by atoms with E-state index in [4.69, 9.17) is 0 Å². The van der Waals surface area contributed by atoms with Crippen LogP contribution in [0.2, 0.25) is 0 Å². The van der Waals surface area contributed by atoms with Gasteiger partial charge in [0.15, 0.2) is 0 Å². The molecule has 0 bridgehead atoms. The standard InChI is InChI=1S/C27H33N3O2S/c1-29(33(31,32)26-12-6-3-7-13-26)22-25(27-14-8-9-18-28-27)17-21-30-19-15-24(16-20-30)23-10-4-2-5-11-23/h2-14,18,24-25H,15-17,19-22H2,1H3/t25-/m0/s1. The van der Waals surface area contributed by atoms with E-state index >= 15 is 0 Å². The number of aromatic nitrogens is 1. The molecule has 6 heteroatoms. The zero-order valence-corrected chi connectivity index (χ0v) is 20.1. The lowest BCUT2D eigenvalue weighted by atomic mass is 9.89. The van der Waals surface area contributed by atoms with Crippen molar-refractivity contribution >= 4 is 10.0 Å². The molecule has 0 spiro atoms. The van der Waals surface area contributed by atoms with Gasteiger partial charge in [-0.2, -0.15) is 0 Å². The van der Waals surface area contributed by atoms with E-state index in [9.17, 15) is 8.42 Å². The third kappa shape index (κ3) is 6.08. The van der Waals surface area contributed by atoms with Crippen LogP contribution in [0.1, 0.15) is 42.4 Å². The summed E-state index contributed by atoms with van der Waals surface area (Å²) in [5.41, 5.74) is 2.39. The molecule has 4 rings (SSSR count). The van der Waals surface area contributed by atoms with Crippen LogP contribution < -0.4 is 0 Å². The van der Waals surface area contributed by atoms with Crippen molar-refractivity contribution in [1.29, 1.82) is 0 Å². The lowest BCUT2D eigenvalue weighted by Gasteiger charge is -2.33. The van der Waals surface area contributed by atoms with E-state index < -0.39 is 10.0 Å². The third-order valence-electron chi connectivity index (χ3n) is 6.69. The van der Waals surface area contributed by atoms with Crippen LogP contribution in [-0.4, -0.2) is 55.8 Å². The molecule has 0 amide bonds. The Kier molecular flexibility index (Phi) is 7.91. The van der Waals surface area contributed by atoms with Gasteiger partial charge in [-0.1, -0.05) is 54.6 Å². The van der Waals surface area contributed by atoms with Crippen molar-refractivity contribution < 1.29 is 8.42 Å². The summed E-state index contributed by atoms with van der Waals surface area (Å²) >= 11 is 0. The van der Waals surface area contributed by atoms with Crippen LogP contribution in [0.15, 0.2) is 90.0 Å². The summed E-state index contributed by atoms with van der Waals surface area (Å²) in [5.74, 6) is 0.678. The van der Waals surface area contributed by atoms with Gasteiger partial charge in [-0.05, 0) is 74.6 Å². The Bertz CT molecular complexity index is 1080. The first-order chi connectivity index (χ1) is 16.0. The molecule has 0 aliphatic carbocycles. The molecule has 1 atom stereocenters. The molecular formula is C27H33N3O2S. The molecule has 1 aromatic heterocycles. The number of likely N-dealkylation sites (tertiary alicyclic amines) is 1. The van der Waals surface area contributed by atoms with Gasteiger partial charge in [0.25, 0.3) is 0 Å². The molecule has 0 radical (unpaired) electrons. The van der Waals surface area contributed by atoms with Crippen molar-refractivity contribution in [2.24, 2.45) is 0 Å².